The molecule has 1 rings (SSSR count). The highest BCUT2D eigenvalue weighted by Gasteiger charge is 2.28. The molecule has 1 aromatic rings. The Kier molecular flexibility index (Phi) is 3.33. The third-order valence-electron chi connectivity index (χ3n) is 1.37. The number of rotatable bonds is 2. The smallest absolute Gasteiger partial charge is 0.258 e. The van der Waals surface area contributed by atoms with Crippen LogP contribution in [-0.2, 0) is 0 Å². The van der Waals surface area contributed by atoms with Gasteiger partial charge in [-0.3, -0.25) is 10.1 Å². The first-order valence-electron chi connectivity index (χ1n) is 3.21. The van der Waals surface area contributed by atoms with Crippen LogP contribution in [0.4, 0.5) is 14.5 Å². The summed E-state index contributed by atoms with van der Waals surface area (Å²) in [5.74, 6) is 0. The Morgan fingerprint density at radius 2 is 2.21 bits per heavy atom. The lowest BCUT2D eigenvalue weighted by Gasteiger charge is -2.03. The molecule has 4 nitrogen and oxygen atoms in total. The predicted molar refractivity (Wildman–Crippen MR) is 48.6 cm³/mol. The lowest BCUT2D eigenvalue weighted by atomic mass is 10.3. The molecule has 0 radical (unpaired) electrons. The lowest BCUT2D eigenvalue weighted by Crippen LogP contribution is -2.00. The minimum Gasteiger partial charge on any atom is -0.258 e. The Labute approximate surface area is 90.2 Å². The minimum atomic E-state index is -3.01. The highest BCUT2D eigenvalue weighted by molar-refractivity contribution is 9.10. The first-order valence-corrected chi connectivity index (χ1v) is 4.38. The number of halogens is 4. The molecule has 0 saturated carbocycles. The quantitative estimate of drug-likeness (QED) is 0.619. The molecule has 8 heteroatoms. The second kappa shape index (κ2) is 4.14. The van der Waals surface area contributed by atoms with E-state index in [0.29, 0.717) is 0 Å². The van der Waals surface area contributed by atoms with Crippen LogP contribution in [0.3, 0.4) is 0 Å². The molecule has 0 bridgehead atoms. The van der Waals surface area contributed by atoms with Crippen molar-refractivity contribution >= 4 is 33.2 Å². The monoisotopic (exact) mass is 286 g/mol. The van der Waals surface area contributed by atoms with Crippen LogP contribution in [0.5, 0.6) is 0 Å². The molecule has 0 aromatic carbocycles. The van der Waals surface area contributed by atoms with Gasteiger partial charge in [0, 0.05) is 6.20 Å². The maximum atomic E-state index is 12.3. The van der Waals surface area contributed by atoms with Crippen molar-refractivity contribution in [3.63, 3.8) is 0 Å². The van der Waals surface area contributed by atoms with Gasteiger partial charge < -0.3 is 0 Å². The zero-order chi connectivity index (χ0) is 10.9. The minimum absolute atomic E-state index is 0.0823. The first-order chi connectivity index (χ1) is 6.45. The van der Waals surface area contributed by atoms with Crippen LogP contribution in [0.25, 0.3) is 0 Å². The molecular weight excluding hydrogens is 285 g/mol. The number of alkyl halides is 2. The summed E-state index contributed by atoms with van der Waals surface area (Å²) in [6.07, 6.45) is -2.08. The van der Waals surface area contributed by atoms with Crippen molar-refractivity contribution in [2.24, 2.45) is 0 Å². The van der Waals surface area contributed by atoms with Crippen LogP contribution < -0.4 is 0 Å². The molecular formula is C6H2BrClF2N2O2. The Bertz CT molecular complexity index is 388. The Morgan fingerprint density at radius 1 is 1.64 bits per heavy atom. The van der Waals surface area contributed by atoms with Gasteiger partial charge in [0.15, 0.2) is 5.69 Å². The van der Waals surface area contributed by atoms with Crippen molar-refractivity contribution in [1.82, 2.24) is 4.98 Å². The largest absolute Gasteiger partial charge is 0.312 e. The zero-order valence-corrected chi connectivity index (χ0v) is 8.72. The maximum Gasteiger partial charge on any atom is 0.312 e. The molecule has 0 unspecified atom stereocenters. The molecule has 0 atom stereocenters. The number of nitrogens with zero attached hydrogens (tertiary/aromatic N) is 2. The van der Waals surface area contributed by atoms with E-state index in [1.54, 1.807) is 0 Å². The van der Waals surface area contributed by atoms with E-state index in [4.69, 9.17) is 11.6 Å². The number of pyridine rings is 1. The fourth-order valence-corrected chi connectivity index (χ4v) is 1.39. The maximum absolute atomic E-state index is 12.3. The summed E-state index contributed by atoms with van der Waals surface area (Å²) >= 11 is 8.23. The van der Waals surface area contributed by atoms with E-state index in [0.717, 1.165) is 6.20 Å². The molecule has 0 aliphatic heterocycles. The van der Waals surface area contributed by atoms with Crippen LogP contribution in [0, 0.1) is 10.1 Å². The standard InChI is InChI=1S/C6H2BrClF2N2O2/c7-3-2(8)1-11-4(6(9)10)5(3)12(13)14/h1,6H. The number of hydrogen-bond donors (Lipinski definition) is 0. The van der Waals surface area contributed by atoms with E-state index < -0.39 is 22.7 Å². The van der Waals surface area contributed by atoms with E-state index >= 15 is 0 Å². The lowest BCUT2D eigenvalue weighted by molar-refractivity contribution is -0.387. The van der Waals surface area contributed by atoms with Gasteiger partial charge in [-0.2, -0.15) is 0 Å². The van der Waals surface area contributed by atoms with Gasteiger partial charge >= 0.3 is 5.69 Å². The summed E-state index contributed by atoms with van der Waals surface area (Å²) in [6.45, 7) is 0. The van der Waals surface area contributed by atoms with Gasteiger partial charge in [0.25, 0.3) is 6.43 Å². The van der Waals surface area contributed by atoms with Crippen molar-refractivity contribution in [3.8, 4) is 0 Å². The molecule has 0 N–H and O–H groups in total. The third-order valence-corrected chi connectivity index (χ3v) is 2.68. The van der Waals surface area contributed by atoms with Gasteiger partial charge in [0.1, 0.15) is 4.47 Å². The van der Waals surface area contributed by atoms with Crippen molar-refractivity contribution in [2.75, 3.05) is 0 Å². The van der Waals surface area contributed by atoms with E-state index in [1.165, 1.54) is 0 Å². The molecule has 1 aromatic heterocycles. The number of nitro groups is 1. The highest BCUT2D eigenvalue weighted by Crippen LogP contribution is 2.37. The van der Waals surface area contributed by atoms with Crippen LogP contribution in [0.1, 0.15) is 12.1 Å². The highest BCUT2D eigenvalue weighted by atomic mass is 79.9. The fourth-order valence-electron chi connectivity index (χ4n) is 0.803. The van der Waals surface area contributed by atoms with E-state index in [1.807, 2.05) is 0 Å². The van der Waals surface area contributed by atoms with Gasteiger partial charge in [-0.1, -0.05) is 11.6 Å². The second-order valence-corrected chi connectivity index (χ2v) is 3.41. The summed E-state index contributed by atoms with van der Waals surface area (Å²) in [6, 6.07) is 0. The van der Waals surface area contributed by atoms with E-state index in [9.17, 15) is 18.9 Å². The number of hydrogen-bond acceptors (Lipinski definition) is 3. The average Bonchev–Trinajstić information content (AvgIpc) is 2.08. The fraction of sp³-hybridized carbons (Fsp3) is 0.167. The molecule has 0 aliphatic carbocycles. The summed E-state index contributed by atoms with van der Waals surface area (Å²) in [5, 5.41) is 10.4. The molecule has 1 heterocycles. The van der Waals surface area contributed by atoms with Crippen molar-refractivity contribution in [2.45, 2.75) is 6.43 Å². The van der Waals surface area contributed by atoms with E-state index in [2.05, 4.69) is 20.9 Å². The van der Waals surface area contributed by atoms with Gasteiger partial charge in [0.05, 0.1) is 9.95 Å². The number of aromatic nitrogens is 1. The average molecular weight is 287 g/mol. The predicted octanol–water partition coefficient (Wildman–Crippen LogP) is 3.34. The second-order valence-electron chi connectivity index (χ2n) is 2.21. The third kappa shape index (κ3) is 1.98. The Hall–Kier alpha value is -0.820. The topological polar surface area (TPSA) is 56.0 Å². The van der Waals surface area contributed by atoms with Crippen molar-refractivity contribution in [1.29, 1.82) is 0 Å². The van der Waals surface area contributed by atoms with Gasteiger partial charge in [-0.25, -0.2) is 13.8 Å². The van der Waals surface area contributed by atoms with Crippen molar-refractivity contribution < 1.29 is 13.7 Å². The van der Waals surface area contributed by atoms with Gasteiger partial charge in [0.2, 0.25) is 0 Å². The summed E-state index contributed by atoms with van der Waals surface area (Å²) in [7, 11) is 0. The summed E-state index contributed by atoms with van der Waals surface area (Å²) in [4.78, 5) is 12.7. The summed E-state index contributed by atoms with van der Waals surface area (Å²) < 4.78 is 24.4. The van der Waals surface area contributed by atoms with Gasteiger partial charge in [-0.15, -0.1) is 0 Å². The molecule has 0 amide bonds. The van der Waals surface area contributed by atoms with Crippen LogP contribution in [-0.4, -0.2) is 9.91 Å². The Morgan fingerprint density at radius 3 is 2.64 bits per heavy atom. The molecule has 14 heavy (non-hydrogen) atoms. The SMILES string of the molecule is O=[N+]([O-])c1c(C(F)F)ncc(Cl)c1Br. The van der Waals surface area contributed by atoms with Crippen LogP contribution in [0.2, 0.25) is 5.02 Å². The Balaban J connectivity index is 3.45. The molecule has 76 valence electrons. The molecule has 0 aliphatic rings. The van der Waals surface area contributed by atoms with Crippen LogP contribution in [0.15, 0.2) is 10.7 Å². The van der Waals surface area contributed by atoms with Gasteiger partial charge in [-0.05, 0) is 15.9 Å². The zero-order valence-electron chi connectivity index (χ0n) is 6.38. The normalized spacial score (nSPS) is 10.6. The molecule has 0 saturated heterocycles. The van der Waals surface area contributed by atoms with Crippen LogP contribution >= 0.6 is 27.5 Å². The molecule has 0 spiro atoms. The summed E-state index contributed by atoms with van der Waals surface area (Å²) in [5.41, 5.74) is -1.70. The molecule has 0 fully saturated rings. The van der Waals surface area contributed by atoms with E-state index in [-0.39, 0.29) is 9.50 Å². The van der Waals surface area contributed by atoms with Crippen molar-refractivity contribution in [3.05, 3.63) is 31.5 Å². The first kappa shape index (κ1) is 11.3.